The molecule has 3 heterocycles. The van der Waals surface area contributed by atoms with E-state index >= 15 is 0 Å². The van der Waals surface area contributed by atoms with Gasteiger partial charge in [0.2, 0.25) is 5.91 Å². The maximum atomic E-state index is 12.9. The number of aromatic nitrogens is 1. The zero-order valence-corrected chi connectivity index (χ0v) is 12.8. The van der Waals surface area contributed by atoms with Crippen LogP contribution in [0, 0.1) is 0 Å². The van der Waals surface area contributed by atoms with Crippen LogP contribution < -0.4 is 4.90 Å². The summed E-state index contributed by atoms with van der Waals surface area (Å²) in [6.45, 7) is 0.945. The van der Waals surface area contributed by atoms with Crippen molar-refractivity contribution in [1.82, 2.24) is 9.88 Å². The number of nitrogens with zero attached hydrogens (tertiary/aromatic N) is 3. The third-order valence-corrected chi connectivity index (χ3v) is 4.71. The number of halogens is 1. The molecule has 112 valence electrons. The number of fused-ring (bicyclic) bond motifs is 1. The minimum atomic E-state index is -0.0742. The fraction of sp³-hybridized carbons (Fsp3) is 0.294. The van der Waals surface area contributed by atoms with Crippen LogP contribution in [0.2, 0.25) is 5.02 Å². The Kier molecular flexibility index (Phi) is 3.36. The minimum absolute atomic E-state index is 0.0131. The fourth-order valence-electron chi connectivity index (χ4n) is 3.52. The van der Waals surface area contributed by atoms with Crippen LogP contribution >= 0.6 is 11.6 Å². The average molecular weight is 314 g/mol. The predicted octanol–water partition coefficient (Wildman–Crippen LogP) is 3.24. The number of anilines is 1. The highest BCUT2D eigenvalue weighted by molar-refractivity contribution is 6.30. The standard InChI is InChI=1S/C17H16ClN3O/c18-13-5-7-14(8-6-13)21-16(12-3-1-9-19-11-12)20-10-2-4-15(20)17(21)22/h1,3,5-9,11,15-16H,2,4,10H2/t15-,16+/m0/s1. The molecule has 1 aromatic heterocycles. The van der Waals surface area contributed by atoms with Gasteiger partial charge >= 0.3 is 0 Å². The summed E-state index contributed by atoms with van der Waals surface area (Å²) in [5.74, 6) is 0.175. The summed E-state index contributed by atoms with van der Waals surface area (Å²) in [6, 6.07) is 11.4. The van der Waals surface area contributed by atoms with E-state index in [0.29, 0.717) is 5.02 Å². The Morgan fingerprint density at radius 2 is 2.00 bits per heavy atom. The van der Waals surface area contributed by atoms with Crippen molar-refractivity contribution in [2.75, 3.05) is 11.4 Å². The average Bonchev–Trinajstić information content (AvgIpc) is 3.12. The largest absolute Gasteiger partial charge is 0.290 e. The molecule has 1 amide bonds. The first-order valence-corrected chi connectivity index (χ1v) is 7.88. The molecule has 0 spiro atoms. The van der Waals surface area contributed by atoms with Gasteiger partial charge in [0.25, 0.3) is 0 Å². The van der Waals surface area contributed by atoms with Gasteiger partial charge in [-0.1, -0.05) is 17.7 Å². The van der Waals surface area contributed by atoms with Crippen molar-refractivity contribution in [1.29, 1.82) is 0 Å². The maximum absolute atomic E-state index is 12.9. The van der Waals surface area contributed by atoms with Gasteiger partial charge in [-0.15, -0.1) is 0 Å². The number of carbonyl (C=O) groups excluding carboxylic acids is 1. The molecule has 1 aromatic carbocycles. The smallest absolute Gasteiger partial charge is 0.246 e. The Hall–Kier alpha value is -1.91. The van der Waals surface area contributed by atoms with Gasteiger partial charge in [-0.05, 0) is 43.2 Å². The molecule has 4 nitrogen and oxygen atoms in total. The van der Waals surface area contributed by atoms with E-state index in [-0.39, 0.29) is 18.1 Å². The SMILES string of the molecule is O=C1[C@@H]2CCCN2[C@@H](c2cccnc2)N1c1ccc(Cl)cc1. The van der Waals surface area contributed by atoms with Crippen LogP contribution in [0.1, 0.15) is 24.6 Å². The molecule has 5 heteroatoms. The highest BCUT2D eigenvalue weighted by Crippen LogP contribution is 2.42. The number of pyridine rings is 1. The first kappa shape index (κ1) is 13.7. The molecule has 2 aromatic rings. The normalized spacial score (nSPS) is 24.8. The molecule has 2 aliphatic rings. The molecule has 2 fully saturated rings. The zero-order chi connectivity index (χ0) is 15.1. The van der Waals surface area contributed by atoms with Gasteiger partial charge in [0.15, 0.2) is 0 Å². The third-order valence-electron chi connectivity index (χ3n) is 4.46. The van der Waals surface area contributed by atoms with Gasteiger partial charge < -0.3 is 0 Å². The van der Waals surface area contributed by atoms with E-state index < -0.39 is 0 Å². The second kappa shape index (κ2) is 5.38. The molecule has 0 saturated carbocycles. The maximum Gasteiger partial charge on any atom is 0.246 e. The monoisotopic (exact) mass is 313 g/mol. The van der Waals surface area contributed by atoms with Crippen molar-refractivity contribution < 1.29 is 4.79 Å². The van der Waals surface area contributed by atoms with E-state index in [0.717, 1.165) is 30.6 Å². The first-order valence-electron chi connectivity index (χ1n) is 7.50. The van der Waals surface area contributed by atoms with Gasteiger partial charge in [-0.25, -0.2) is 0 Å². The Morgan fingerprint density at radius 3 is 2.73 bits per heavy atom. The number of hydrogen-bond acceptors (Lipinski definition) is 3. The summed E-state index contributed by atoms with van der Waals surface area (Å²) >= 11 is 5.98. The van der Waals surface area contributed by atoms with Gasteiger partial charge in [-0.2, -0.15) is 0 Å². The second-order valence-corrected chi connectivity index (χ2v) is 6.18. The van der Waals surface area contributed by atoms with E-state index in [1.54, 1.807) is 6.20 Å². The lowest BCUT2D eigenvalue weighted by atomic mass is 10.1. The fourth-order valence-corrected chi connectivity index (χ4v) is 3.64. The lowest BCUT2D eigenvalue weighted by Crippen LogP contribution is -2.32. The highest BCUT2D eigenvalue weighted by Gasteiger charge is 2.49. The van der Waals surface area contributed by atoms with Crippen molar-refractivity contribution in [2.24, 2.45) is 0 Å². The summed E-state index contributed by atoms with van der Waals surface area (Å²) in [6.07, 6.45) is 5.53. The number of hydrogen-bond donors (Lipinski definition) is 0. The van der Waals surface area contributed by atoms with Crippen molar-refractivity contribution in [3.63, 3.8) is 0 Å². The molecule has 2 atom stereocenters. The Balaban J connectivity index is 1.80. The van der Waals surface area contributed by atoms with Crippen LogP contribution in [-0.4, -0.2) is 28.4 Å². The summed E-state index contributed by atoms with van der Waals surface area (Å²) in [5.41, 5.74) is 1.94. The molecule has 0 radical (unpaired) electrons. The Morgan fingerprint density at radius 1 is 1.18 bits per heavy atom. The molecule has 4 rings (SSSR count). The lowest BCUT2D eigenvalue weighted by molar-refractivity contribution is -0.119. The van der Waals surface area contributed by atoms with Gasteiger partial charge in [0.05, 0.1) is 6.04 Å². The van der Waals surface area contributed by atoms with Crippen LogP contribution in [-0.2, 0) is 4.79 Å². The Bertz CT molecular complexity index is 689. The van der Waals surface area contributed by atoms with Crippen LogP contribution in [0.3, 0.4) is 0 Å². The summed E-state index contributed by atoms with van der Waals surface area (Å²) < 4.78 is 0. The van der Waals surface area contributed by atoms with Crippen molar-refractivity contribution in [2.45, 2.75) is 25.0 Å². The molecule has 0 bridgehead atoms. The van der Waals surface area contributed by atoms with Crippen molar-refractivity contribution >= 4 is 23.2 Å². The highest BCUT2D eigenvalue weighted by atomic mass is 35.5. The number of benzene rings is 1. The summed E-state index contributed by atoms with van der Waals surface area (Å²) in [4.78, 5) is 21.3. The zero-order valence-electron chi connectivity index (χ0n) is 12.0. The molecular weight excluding hydrogens is 298 g/mol. The Labute approximate surface area is 134 Å². The quantitative estimate of drug-likeness (QED) is 0.854. The number of amides is 1. The predicted molar refractivity (Wildman–Crippen MR) is 85.6 cm³/mol. The first-order chi connectivity index (χ1) is 10.8. The molecule has 2 aliphatic heterocycles. The molecule has 22 heavy (non-hydrogen) atoms. The van der Waals surface area contributed by atoms with E-state index in [1.807, 2.05) is 47.5 Å². The topological polar surface area (TPSA) is 36.4 Å². The van der Waals surface area contributed by atoms with E-state index in [9.17, 15) is 4.79 Å². The molecule has 0 aliphatic carbocycles. The molecule has 2 saturated heterocycles. The van der Waals surface area contributed by atoms with E-state index in [4.69, 9.17) is 11.6 Å². The number of rotatable bonds is 2. The van der Waals surface area contributed by atoms with Crippen molar-refractivity contribution in [3.8, 4) is 0 Å². The van der Waals surface area contributed by atoms with E-state index in [2.05, 4.69) is 9.88 Å². The second-order valence-electron chi connectivity index (χ2n) is 5.74. The van der Waals surface area contributed by atoms with Crippen LogP contribution in [0.25, 0.3) is 0 Å². The van der Waals surface area contributed by atoms with Crippen LogP contribution in [0.4, 0.5) is 5.69 Å². The number of carbonyl (C=O) groups is 1. The summed E-state index contributed by atoms with van der Waals surface area (Å²) in [5, 5.41) is 0.675. The van der Waals surface area contributed by atoms with Crippen molar-refractivity contribution in [3.05, 3.63) is 59.4 Å². The van der Waals surface area contributed by atoms with Gasteiger partial charge in [0, 0.05) is 35.2 Å². The molecule has 0 N–H and O–H groups in total. The van der Waals surface area contributed by atoms with Gasteiger partial charge in [0.1, 0.15) is 6.17 Å². The molecular formula is C17H16ClN3O. The summed E-state index contributed by atoms with van der Waals surface area (Å²) in [7, 11) is 0. The minimum Gasteiger partial charge on any atom is -0.290 e. The third kappa shape index (κ3) is 2.11. The van der Waals surface area contributed by atoms with Crippen LogP contribution in [0.5, 0.6) is 0 Å². The molecule has 0 unspecified atom stereocenters. The van der Waals surface area contributed by atoms with Crippen LogP contribution in [0.15, 0.2) is 48.8 Å². The van der Waals surface area contributed by atoms with Gasteiger partial charge in [-0.3, -0.25) is 19.6 Å². The van der Waals surface area contributed by atoms with E-state index in [1.165, 1.54) is 0 Å². The lowest BCUT2D eigenvalue weighted by Gasteiger charge is -2.29.